The number of rotatable bonds is 7. The summed E-state index contributed by atoms with van der Waals surface area (Å²) in [6.45, 7) is 7.06. The number of thiazole rings is 1. The van der Waals surface area contributed by atoms with Gasteiger partial charge in [0.2, 0.25) is 0 Å². The van der Waals surface area contributed by atoms with Gasteiger partial charge in [-0.3, -0.25) is 4.79 Å². The van der Waals surface area contributed by atoms with Crippen LogP contribution in [0.4, 0.5) is 5.13 Å². The molecule has 0 aliphatic carbocycles. The van der Waals surface area contributed by atoms with Crippen molar-refractivity contribution in [3.8, 4) is 5.75 Å². The lowest BCUT2D eigenvalue weighted by Gasteiger charge is -2.32. The number of benzene rings is 1. The van der Waals surface area contributed by atoms with Gasteiger partial charge in [0, 0.05) is 31.2 Å². The van der Waals surface area contributed by atoms with Crippen molar-refractivity contribution in [2.45, 2.75) is 32.6 Å². The number of anilines is 1. The van der Waals surface area contributed by atoms with E-state index in [-0.39, 0.29) is 12.5 Å². The highest BCUT2D eigenvalue weighted by Crippen LogP contribution is 2.24. The topological polar surface area (TPSA) is 54.5 Å². The van der Waals surface area contributed by atoms with Crippen molar-refractivity contribution in [1.29, 1.82) is 0 Å². The number of amides is 1. The number of carbonyl (C=O) groups is 1. The van der Waals surface area contributed by atoms with Gasteiger partial charge in [0.1, 0.15) is 5.75 Å². The van der Waals surface area contributed by atoms with Crippen molar-refractivity contribution in [1.82, 2.24) is 10.3 Å². The molecule has 0 saturated carbocycles. The van der Waals surface area contributed by atoms with E-state index in [1.54, 1.807) is 11.3 Å². The first-order chi connectivity index (χ1) is 12.6. The van der Waals surface area contributed by atoms with Crippen molar-refractivity contribution < 1.29 is 9.53 Å². The molecule has 26 heavy (non-hydrogen) atoms. The van der Waals surface area contributed by atoms with Crippen LogP contribution in [0, 0.1) is 5.92 Å². The van der Waals surface area contributed by atoms with Crippen LogP contribution in [0.25, 0.3) is 0 Å². The van der Waals surface area contributed by atoms with Gasteiger partial charge in [0.15, 0.2) is 11.7 Å². The molecular formula is C20H27N3O2S. The van der Waals surface area contributed by atoms with Gasteiger partial charge >= 0.3 is 0 Å². The zero-order valence-electron chi connectivity index (χ0n) is 15.5. The summed E-state index contributed by atoms with van der Waals surface area (Å²) in [5, 5.41) is 6.09. The number of hydrogen-bond donors (Lipinski definition) is 1. The van der Waals surface area contributed by atoms with Gasteiger partial charge in [0.05, 0.1) is 0 Å². The molecule has 1 saturated heterocycles. The molecule has 2 aromatic rings. The fourth-order valence-electron chi connectivity index (χ4n) is 3.18. The summed E-state index contributed by atoms with van der Waals surface area (Å²) in [5.74, 6) is 1.62. The second-order valence-corrected chi connectivity index (χ2v) is 7.96. The van der Waals surface area contributed by atoms with Crippen LogP contribution in [0.2, 0.25) is 0 Å². The average Bonchev–Trinajstić information content (AvgIpc) is 3.20. The van der Waals surface area contributed by atoms with Crippen LogP contribution >= 0.6 is 11.3 Å². The largest absolute Gasteiger partial charge is 0.484 e. The highest BCUT2D eigenvalue weighted by atomic mass is 32.1. The zero-order valence-corrected chi connectivity index (χ0v) is 16.3. The number of aromatic nitrogens is 1. The Labute approximate surface area is 159 Å². The van der Waals surface area contributed by atoms with E-state index in [1.807, 2.05) is 35.8 Å². The van der Waals surface area contributed by atoms with Crippen LogP contribution in [0.1, 0.15) is 38.2 Å². The van der Waals surface area contributed by atoms with Gasteiger partial charge in [-0.1, -0.05) is 26.0 Å². The summed E-state index contributed by atoms with van der Waals surface area (Å²) in [6.07, 6.45) is 4.12. The normalized spacial score (nSPS) is 17.3. The number of nitrogens with one attached hydrogen (secondary N) is 1. The van der Waals surface area contributed by atoms with Crippen molar-refractivity contribution >= 4 is 22.4 Å². The molecule has 6 heteroatoms. The fourth-order valence-corrected chi connectivity index (χ4v) is 3.86. The second kappa shape index (κ2) is 9.03. The average molecular weight is 374 g/mol. The third-order valence-corrected chi connectivity index (χ3v) is 5.55. The molecule has 1 aromatic carbocycles. The maximum Gasteiger partial charge on any atom is 0.257 e. The number of carbonyl (C=O) groups excluding carboxylic acids is 1. The van der Waals surface area contributed by atoms with Crippen LogP contribution in [0.3, 0.4) is 0 Å². The van der Waals surface area contributed by atoms with Crippen LogP contribution in [-0.2, 0) is 4.79 Å². The Morgan fingerprint density at radius 2 is 2.19 bits per heavy atom. The van der Waals surface area contributed by atoms with Gasteiger partial charge in [-0.05, 0) is 42.4 Å². The Bertz CT molecular complexity index is 686. The minimum atomic E-state index is -0.0655. The Morgan fingerprint density at radius 3 is 2.88 bits per heavy atom. The zero-order chi connectivity index (χ0) is 18.4. The summed E-state index contributed by atoms with van der Waals surface area (Å²) in [7, 11) is 0. The molecule has 1 atom stereocenters. The SMILES string of the molecule is CC(C)c1ccc(OCC(=O)NCC2CCCN(c3nccs3)C2)cc1. The molecule has 2 heterocycles. The lowest BCUT2D eigenvalue weighted by molar-refractivity contribution is -0.123. The molecule has 1 N–H and O–H groups in total. The molecule has 1 fully saturated rings. The summed E-state index contributed by atoms with van der Waals surface area (Å²) >= 11 is 1.67. The quantitative estimate of drug-likeness (QED) is 0.804. The third kappa shape index (κ3) is 5.21. The first-order valence-corrected chi connectivity index (χ1v) is 10.1. The number of hydrogen-bond acceptors (Lipinski definition) is 5. The minimum absolute atomic E-state index is 0.0595. The van der Waals surface area contributed by atoms with Crippen molar-refractivity contribution in [3.63, 3.8) is 0 Å². The Balaban J connectivity index is 1.39. The smallest absolute Gasteiger partial charge is 0.257 e. The molecule has 1 aromatic heterocycles. The Kier molecular flexibility index (Phi) is 6.50. The van der Waals surface area contributed by atoms with E-state index in [0.717, 1.165) is 36.8 Å². The van der Waals surface area contributed by atoms with Gasteiger partial charge < -0.3 is 15.0 Å². The molecule has 0 radical (unpaired) electrons. The van der Waals surface area contributed by atoms with Crippen LogP contribution < -0.4 is 15.0 Å². The minimum Gasteiger partial charge on any atom is -0.484 e. The Morgan fingerprint density at radius 1 is 1.38 bits per heavy atom. The molecular weight excluding hydrogens is 346 g/mol. The molecule has 1 amide bonds. The van der Waals surface area contributed by atoms with Gasteiger partial charge in [-0.25, -0.2) is 4.98 Å². The van der Waals surface area contributed by atoms with Crippen LogP contribution in [-0.4, -0.2) is 37.1 Å². The van der Waals surface area contributed by atoms with Gasteiger partial charge in [-0.2, -0.15) is 0 Å². The Hall–Kier alpha value is -2.08. The number of ether oxygens (including phenoxy) is 1. The van der Waals surface area contributed by atoms with E-state index in [2.05, 4.69) is 29.0 Å². The predicted octanol–water partition coefficient (Wildman–Crippen LogP) is 3.68. The monoisotopic (exact) mass is 373 g/mol. The van der Waals surface area contributed by atoms with Crippen LogP contribution in [0.15, 0.2) is 35.8 Å². The summed E-state index contributed by atoms with van der Waals surface area (Å²) in [5.41, 5.74) is 1.27. The molecule has 0 spiro atoms. The maximum atomic E-state index is 12.1. The van der Waals surface area contributed by atoms with Crippen molar-refractivity contribution in [2.24, 2.45) is 5.92 Å². The van der Waals surface area contributed by atoms with E-state index in [4.69, 9.17) is 4.74 Å². The first-order valence-electron chi connectivity index (χ1n) is 9.25. The number of piperidine rings is 1. The summed E-state index contributed by atoms with van der Waals surface area (Å²) in [6, 6.07) is 7.95. The highest BCUT2D eigenvalue weighted by Gasteiger charge is 2.21. The molecule has 1 aliphatic rings. The van der Waals surface area contributed by atoms with Crippen LogP contribution in [0.5, 0.6) is 5.75 Å². The number of nitrogens with zero attached hydrogens (tertiary/aromatic N) is 2. The summed E-state index contributed by atoms with van der Waals surface area (Å²) < 4.78 is 5.59. The van der Waals surface area contributed by atoms with E-state index in [9.17, 15) is 4.79 Å². The maximum absolute atomic E-state index is 12.1. The van der Waals surface area contributed by atoms with E-state index in [0.29, 0.717) is 18.4 Å². The molecule has 0 bridgehead atoms. The highest BCUT2D eigenvalue weighted by molar-refractivity contribution is 7.13. The lowest BCUT2D eigenvalue weighted by atomic mass is 9.98. The third-order valence-electron chi connectivity index (χ3n) is 4.71. The van der Waals surface area contributed by atoms with Crippen molar-refractivity contribution in [2.75, 3.05) is 31.1 Å². The summed E-state index contributed by atoms with van der Waals surface area (Å²) in [4.78, 5) is 18.8. The van der Waals surface area contributed by atoms with Crippen molar-refractivity contribution in [3.05, 3.63) is 41.4 Å². The molecule has 3 rings (SSSR count). The van der Waals surface area contributed by atoms with E-state index < -0.39 is 0 Å². The fraction of sp³-hybridized carbons (Fsp3) is 0.500. The van der Waals surface area contributed by atoms with E-state index in [1.165, 1.54) is 5.56 Å². The van der Waals surface area contributed by atoms with E-state index >= 15 is 0 Å². The molecule has 1 aliphatic heterocycles. The van der Waals surface area contributed by atoms with Gasteiger partial charge in [-0.15, -0.1) is 11.3 Å². The van der Waals surface area contributed by atoms with Gasteiger partial charge in [0.25, 0.3) is 5.91 Å². The standard InChI is InChI=1S/C20H27N3O2S/c1-15(2)17-5-7-18(8-6-17)25-14-19(24)22-12-16-4-3-10-23(13-16)20-21-9-11-26-20/h5-9,11,15-16H,3-4,10,12-14H2,1-2H3,(H,22,24). The first kappa shape index (κ1) is 18.7. The predicted molar refractivity (Wildman–Crippen MR) is 106 cm³/mol. The molecule has 1 unspecified atom stereocenters. The second-order valence-electron chi connectivity index (χ2n) is 7.09. The molecule has 140 valence electrons. The molecule has 5 nitrogen and oxygen atoms in total. The lowest BCUT2D eigenvalue weighted by Crippen LogP contribution is -2.41.